The molecular formula is C24H30N8. The fourth-order valence-electron chi connectivity index (χ4n) is 4.41. The number of nitrogens with one attached hydrogen (secondary N) is 1. The Hall–Kier alpha value is -3.26. The van der Waals surface area contributed by atoms with E-state index in [0.29, 0.717) is 11.9 Å². The molecular weight excluding hydrogens is 400 g/mol. The van der Waals surface area contributed by atoms with E-state index in [1.54, 1.807) is 0 Å². The third-order valence-electron chi connectivity index (χ3n) is 6.31. The molecule has 1 aliphatic rings. The Balaban J connectivity index is 1.42. The number of anilines is 3. The lowest BCUT2D eigenvalue weighted by atomic mass is 10.1. The van der Waals surface area contributed by atoms with Crippen LogP contribution in [0.1, 0.15) is 37.9 Å². The molecule has 0 aliphatic carbocycles. The number of hydrogen-bond acceptors (Lipinski definition) is 7. The summed E-state index contributed by atoms with van der Waals surface area (Å²) in [6, 6.07) is 6.10. The lowest BCUT2D eigenvalue weighted by Crippen LogP contribution is -2.46. The summed E-state index contributed by atoms with van der Waals surface area (Å²) in [6.45, 7) is 14.1. The maximum absolute atomic E-state index is 4.82. The molecule has 1 saturated heterocycles. The van der Waals surface area contributed by atoms with E-state index in [1.165, 1.54) is 11.3 Å². The average Bonchev–Trinajstić information content (AvgIpc) is 3.24. The van der Waals surface area contributed by atoms with Crippen molar-refractivity contribution in [2.45, 2.75) is 33.6 Å². The Kier molecular flexibility index (Phi) is 5.38. The Labute approximate surface area is 188 Å². The molecule has 166 valence electrons. The lowest BCUT2D eigenvalue weighted by molar-refractivity contribution is 0.271. The van der Waals surface area contributed by atoms with Gasteiger partial charge in [0.2, 0.25) is 5.95 Å². The molecule has 1 fully saturated rings. The minimum absolute atomic E-state index is 0.345. The van der Waals surface area contributed by atoms with Gasteiger partial charge in [-0.1, -0.05) is 20.8 Å². The Morgan fingerprint density at radius 3 is 2.53 bits per heavy atom. The van der Waals surface area contributed by atoms with Crippen LogP contribution in [0, 0.1) is 6.92 Å². The molecule has 4 aromatic heterocycles. The molecule has 5 rings (SSSR count). The van der Waals surface area contributed by atoms with E-state index in [4.69, 9.17) is 4.98 Å². The molecule has 0 amide bonds. The molecule has 5 heterocycles. The van der Waals surface area contributed by atoms with Crippen LogP contribution in [0.5, 0.6) is 0 Å². The minimum atomic E-state index is 0.345. The van der Waals surface area contributed by atoms with Crippen LogP contribution < -0.4 is 10.2 Å². The lowest BCUT2D eigenvalue weighted by Gasteiger charge is -2.36. The van der Waals surface area contributed by atoms with Crippen LogP contribution in [0.25, 0.3) is 16.7 Å². The second-order valence-electron chi connectivity index (χ2n) is 8.74. The van der Waals surface area contributed by atoms with Gasteiger partial charge >= 0.3 is 0 Å². The largest absolute Gasteiger partial charge is 0.368 e. The highest BCUT2D eigenvalue weighted by Crippen LogP contribution is 2.25. The number of aryl methyl sites for hydroxylation is 1. The van der Waals surface area contributed by atoms with Gasteiger partial charge in [0, 0.05) is 49.7 Å². The van der Waals surface area contributed by atoms with Crippen molar-refractivity contribution in [2.24, 2.45) is 0 Å². The normalized spacial score (nSPS) is 15.2. The fourth-order valence-corrected chi connectivity index (χ4v) is 4.41. The predicted octanol–water partition coefficient (Wildman–Crippen LogP) is 3.99. The molecule has 4 aromatic rings. The number of fused-ring (bicyclic) bond motifs is 3. The molecule has 0 bridgehead atoms. The molecule has 0 spiro atoms. The first kappa shape index (κ1) is 20.6. The number of imidazole rings is 1. The summed E-state index contributed by atoms with van der Waals surface area (Å²) < 4.78 is 2.12. The van der Waals surface area contributed by atoms with Crippen molar-refractivity contribution in [3.8, 4) is 0 Å². The van der Waals surface area contributed by atoms with Crippen LogP contribution >= 0.6 is 0 Å². The zero-order valence-corrected chi connectivity index (χ0v) is 19.2. The average molecular weight is 431 g/mol. The van der Waals surface area contributed by atoms with Gasteiger partial charge in [-0.05, 0) is 43.1 Å². The highest BCUT2D eigenvalue weighted by molar-refractivity contribution is 5.79. The van der Waals surface area contributed by atoms with Gasteiger partial charge in [0.05, 0.1) is 11.9 Å². The molecule has 8 heteroatoms. The zero-order chi connectivity index (χ0) is 22.2. The number of piperazine rings is 1. The van der Waals surface area contributed by atoms with Gasteiger partial charge in [-0.2, -0.15) is 4.98 Å². The van der Waals surface area contributed by atoms with E-state index in [0.717, 1.165) is 60.9 Å². The smallest absolute Gasteiger partial charge is 0.230 e. The van der Waals surface area contributed by atoms with E-state index in [2.05, 4.69) is 68.2 Å². The number of aromatic nitrogens is 5. The molecule has 0 saturated carbocycles. The summed E-state index contributed by atoms with van der Waals surface area (Å²) in [5.41, 5.74) is 5.28. The zero-order valence-electron chi connectivity index (χ0n) is 19.2. The summed E-state index contributed by atoms with van der Waals surface area (Å²) in [5.74, 6) is 1.63. The van der Waals surface area contributed by atoms with E-state index in [1.807, 2.05) is 30.7 Å². The van der Waals surface area contributed by atoms with Gasteiger partial charge in [0.1, 0.15) is 11.5 Å². The maximum atomic E-state index is 4.82. The van der Waals surface area contributed by atoms with Crippen molar-refractivity contribution in [1.82, 2.24) is 29.2 Å². The standard InChI is InChI=1S/C24H30N8/c1-5-30-8-10-31(11-9-30)20-15-25-21(12-17(20)4)28-24-27-13-18-6-7-22-26-14-19(16(2)3)32(22)23(18)29-24/h6-7,12-16H,5,8-11H2,1-4H3,(H,25,27,28,29). The molecule has 0 aromatic carbocycles. The van der Waals surface area contributed by atoms with E-state index in [9.17, 15) is 0 Å². The second-order valence-corrected chi connectivity index (χ2v) is 8.74. The molecule has 0 unspecified atom stereocenters. The molecule has 0 atom stereocenters. The highest BCUT2D eigenvalue weighted by atomic mass is 15.3. The quantitative estimate of drug-likeness (QED) is 0.513. The topological polar surface area (TPSA) is 74.5 Å². The summed E-state index contributed by atoms with van der Waals surface area (Å²) in [7, 11) is 0. The van der Waals surface area contributed by atoms with Gasteiger partial charge < -0.3 is 15.1 Å². The van der Waals surface area contributed by atoms with Crippen molar-refractivity contribution in [1.29, 1.82) is 0 Å². The summed E-state index contributed by atoms with van der Waals surface area (Å²) in [6.07, 6.45) is 5.74. The van der Waals surface area contributed by atoms with Crippen molar-refractivity contribution in [3.05, 3.63) is 48.0 Å². The SMILES string of the molecule is CCN1CCN(c2cnc(Nc3ncc4ccc5ncc(C(C)C)n5c4n3)cc2C)CC1. The Bertz CT molecular complexity index is 1250. The van der Waals surface area contributed by atoms with Gasteiger partial charge in [0.15, 0.2) is 5.65 Å². The minimum Gasteiger partial charge on any atom is -0.368 e. The van der Waals surface area contributed by atoms with Crippen molar-refractivity contribution >= 4 is 34.1 Å². The van der Waals surface area contributed by atoms with Crippen LogP contribution in [-0.4, -0.2) is 62.0 Å². The van der Waals surface area contributed by atoms with Gasteiger partial charge in [-0.3, -0.25) is 4.40 Å². The maximum Gasteiger partial charge on any atom is 0.230 e. The molecule has 8 nitrogen and oxygen atoms in total. The van der Waals surface area contributed by atoms with Crippen molar-refractivity contribution < 1.29 is 0 Å². The number of likely N-dealkylation sites (N-methyl/N-ethyl adjacent to an activating group) is 1. The molecule has 1 aliphatic heterocycles. The third-order valence-corrected chi connectivity index (χ3v) is 6.31. The summed E-state index contributed by atoms with van der Waals surface area (Å²) >= 11 is 0. The first-order valence-corrected chi connectivity index (χ1v) is 11.4. The Morgan fingerprint density at radius 2 is 1.81 bits per heavy atom. The first-order chi connectivity index (χ1) is 15.5. The monoisotopic (exact) mass is 430 g/mol. The van der Waals surface area contributed by atoms with E-state index >= 15 is 0 Å². The van der Waals surface area contributed by atoms with Gasteiger partial charge in [0.25, 0.3) is 0 Å². The Morgan fingerprint density at radius 1 is 1.00 bits per heavy atom. The predicted molar refractivity (Wildman–Crippen MR) is 129 cm³/mol. The van der Waals surface area contributed by atoms with Crippen LogP contribution in [0.4, 0.5) is 17.5 Å². The van der Waals surface area contributed by atoms with Gasteiger partial charge in [-0.15, -0.1) is 0 Å². The van der Waals surface area contributed by atoms with Crippen LogP contribution in [0.2, 0.25) is 0 Å². The van der Waals surface area contributed by atoms with E-state index in [-0.39, 0.29) is 0 Å². The number of rotatable bonds is 5. The van der Waals surface area contributed by atoms with Gasteiger partial charge in [-0.25, -0.2) is 15.0 Å². The van der Waals surface area contributed by atoms with Crippen LogP contribution in [-0.2, 0) is 0 Å². The molecule has 32 heavy (non-hydrogen) atoms. The molecule has 1 N–H and O–H groups in total. The fraction of sp³-hybridized carbons (Fsp3) is 0.417. The highest BCUT2D eigenvalue weighted by Gasteiger charge is 2.18. The number of pyridine rings is 2. The van der Waals surface area contributed by atoms with E-state index < -0.39 is 0 Å². The number of nitrogens with zero attached hydrogens (tertiary/aromatic N) is 7. The van der Waals surface area contributed by atoms with Crippen LogP contribution in [0.3, 0.4) is 0 Å². The summed E-state index contributed by atoms with van der Waals surface area (Å²) in [5, 5.41) is 4.28. The molecule has 0 radical (unpaired) electrons. The van der Waals surface area contributed by atoms with Crippen LogP contribution in [0.15, 0.2) is 36.8 Å². The van der Waals surface area contributed by atoms with Crippen molar-refractivity contribution in [3.63, 3.8) is 0 Å². The summed E-state index contributed by atoms with van der Waals surface area (Å²) in [4.78, 5) is 23.4. The number of hydrogen-bond donors (Lipinski definition) is 1. The van der Waals surface area contributed by atoms with Crippen molar-refractivity contribution in [2.75, 3.05) is 42.9 Å². The second kappa shape index (κ2) is 8.35. The third kappa shape index (κ3) is 3.75. The first-order valence-electron chi connectivity index (χ1n) is 11.4.